The summed E-state index contributed by atoms with van der Waals surface area (Å²) in [6, 6.07) is 5.42. The van der Waals surface area contributed by atoms with Crippen molar-refractivity contribution in [1.82, 2.24) is 5.32 Å². The monoisotopic (exact) mass is 282 g/mol. The first-order valence-electron chi connectivity index (χ1n) is 5.58. The minimum absolute atomic E-state index is 0.0958. The molecule has 2 rings (SSSR count). The number of aliphatic carboxylic acids is 1. The van der Waals surface area contributed by atoms with Gasteiger partial charge in [0.05, 0.1) is 11.7 Å². The van der Waals surface area contributed by atoms with Gasteiger partial charge in [-0.1, -0.05) is 6.07 Å². The van der Waals surface area contributed by atoms with E-state index in [-0.39, 0.29) is 24.2 Å². The van der Waals surface area contributed by atoms with Crippen LogP contribution in [0.3, 0.4) is 0 Å². The number of amides is 1. The van der Waals surface area contributed by atoms with E-state index in [1.165, 1.54) is 0 Å². The van der Waals surface area contributed by atoms with Gasteiger partial charge in [-0.05, 0) is 17.7 Å². The van der Waals surface area contributed by atoms with Crippen molar-refractivity contribution in [3.05, 3.63) is 23.8 Å². The highest BCUT2D eigenvalue weighted by Gasteiger charge is 2.13. The van der Waals surface area contributed by atoms with E-state index in [9.17, 15) is 14.7 Å². The number of carbonyl (C=O) groups excluding carboxylic acids is 2. The summed E-state index contributed by atoms with van der Waals surface area (Å²) >= 11 is 1.01. The molecule has 1 N–H and O–H groups in total. The highest BCUT2D eigenvalue weighted by molar-refractivity contribution is 8.00. The number of fused-ring (bicyclic) bond motifs is 1. The summed E-state index contributed by atoms with van der Waals surface area (Å²) < 4.78 is 10.4. The third-order valence-corrected chi connectivity index (χ3v) is 3.29. The minimum Gasteiger partial charge on any atom is -0.549 e. The standard InChI is InChI=1S/C12H13NO5S/c14-11(5-19-6-12(15)16)13-4-8-1-2-9-10(3-8)18-7-17-9/h1-3H,4-7H2,(H,13,14)(H,15,16)/p-1. The summed E-state index contributed by atoms with van der Waals surface area (Å²) in [6.45, 7) is 0.576. The second kappa shape index (κ2) is 6.33. The van der Waals surface area contributed by atoms with E-state index in [2.05, 4.69) is 5.32 Å². The fraction of sp³-hybridized carbons (Fsp3) is 0.333. The molecular weight excluding hydrogens is 270 g/mol. The van der Waals surface area contributed by atoms with Crippen LogP contribution < -0.4 is 19.9 Å². The van der Waals surface area contributed by atoms with Gasteiger partial charge in [0.1, 0.15) is 0 Å². The van der Waals surface area contributed by atoms with Crippen LogP contribution in [0.2, 0.25) is 0 Å². The van der Waals surface area contributed by atoms with Crippen LogP contribution in [0.15, 0.2) is 18.2 Å². The van der Waals surface area contributed by atoms with E-state index >= 15 is 0 Å². The third kappa shape index (κ3) is 4.06. The Morgan fingerprint density at radius 3 is 2.84 bits per heavy atom. The van der Waals surface area contributed by atoms with Gasteiger partial charge in [0.15, 0.2) is 11.5 Å². The Labute approximate surface area is 114 Å². The van der Waals surface area contributed by atoms with Crippen molar-refractivity contribution in [2.45, 2.75) is 6.54 Å². The van der Waals surface area contributed by atoms with Crippen molar-refractivity contribution in [3.8, 4) is 11.5 Å². The SMILES string of the molecule is O=C([O-])CSCC(=O)NCc1ccc2c(c1)OCO2. The fourth-order valence-electron chi connectivity index (χ4n) is 1.53. The smallest absolute Gasteiger partial charge is 0.231 e. The highest BCUT2D eigenvalue weighted by Crippen LogP contribution is 2.32. The van der Waals surface area contributed by atoms with Crippen molar-refractivity contribution >= 4 is 23.6 Å². The summed E-state index contributed by atoms with van der Waals surface area (Å²) in [5, 5.41) is 12.9. The fourth-order valence-corrected chi connectivity index (χ4v) is 2.09. The second-order valence-corrected chi connectivity index (χ2v) is 4.81. The van der Waals surface area contributed by atoms with E-state index in [1.54, 1.807) is 12.1 Å². The van der Waals surface area contributed by atoms with Gasteiger partial charge in [-0.3, -0.25) is 4.79 Å². The summed E-state index contributed by atoms with van der Waals surface area (Å²) in [7, 11) is 0. The molecule has 0 saturated carbocycles. The maximum absolute atomic E-state index is 11.4. The number of ether oxygens (including phenoxy) is 2. The first-order valence-corrected chi connectivity index (χ1v) is 6.73. The number of hydrogen-bond donors (Lipinski definition) is 1. The van der Waals surface area contributed by atoms with Gasteiger partial charge in [-0.2, -0.15) is 0 Å². The van der Waals surface area contributed by atoms with Crippen molar-refractivity contribution in [1.29, 1.82) is 0 Å². The lowest BCUT2D eigenvalue weighted by Gasteiger charge is -2.06. The van der Waals surface area contributed by atoms with E-state index in [1.807, 2.05) is 6.07 Å². The molecule has 1 aromatic carbocycles. The second-order valence-electron chi connectivity index (χ2n) is 3.83. The molecule has 0 aromatic heterocycles. The van der Waals surface area contributed by atoms with Crippen LogP contribution in [0, 0.1) is 0 Å². The number of thioether (sulfide) groups is 1. The number of nitrogens with one attached hydrogen (secondary N) is 1. The topological polar surface area (TPSA) is 87.7 Å². The molecule has 1 aliphatic heterocycles. The number of benzene rings is 1. The lowest BCUT2D eigenvalue weighted by atomic mass is 10.2. The van der Waals surface area contributed by atoms with E-state index in [4.69, 9.17) is 9.47 Å². The summed E-state index contributed by atoms with van der Waals surface area (Å²) in [5.74, 6) is -0.120. The largest absolute Gasteiger partial charge is 0.549 e. The highest BCUT2D eigenvalue weighted by atomic mass is 32.2. The van der Waals surface area contributed by atoms with Gasteiger partial charge in [0.2, 0.25) is 12.7 Å². The third-order valence-electron chi connectivity index (χ3n) is 2.38. The zero-order chi connectivity index (χ0) is 13.7. The predicted molar refractivity (Wildman–Crippen MR) is 66.7 cm³/mol. The number of hydrogen-bond acceptors (Lipinski definition) is 6. The van der Waals surface area contributed by atoms with Crippen LogP contribution in [0.4, 0.5) is 0 Å². The molecule has 0 bridgehead atoms. The number of carbonyl (C=O) groups is 2. The van der Waals surface area contributed by atoms with Crippen LogP contribution >= 0.6 is 11.8 Å². The van der Waals surface area contributed by atoms with Crippen molar-refractivity contribution in [2.24, 2.45) is 0 Å². The van der Waals surface area contributed by atoms with Crippen LogP contribution in [0.25, 0.3) is 0 Å². The normalized spacial score (nSPS) is 12.2. The van der Waals surface area contributed by atoms with E-state index in [0.29, 0.717) is 18.0 Å². The molecule has 6 nitrogen and oxygen atoms in total. The molecule has 0 saturated heterocycles. The van der Waals surface area contributed by atoms with E-state index in [0.717, 1.165) is 17.3 Å². The summed E-state index contributed by atoms with van der Waals surface area (Å²) in [5.41, 5.74) is 0.891. The Hall–Kier alpha value is -1.89. The molecule has 1 aliphatic rings. The zero-order valence-corrected chi connectivity index (χ0v) is 10.8. The molecule has 0 atom stereocenters. The van der Waals surface area contributed by atoms with Gasteiger partial charge < -0.3 is 24.7 Å². The molecular formula is C12H12NO5S-. The van der Waals surface area contributed by atoms with Crippen LogP contribution in [-0.2, 0) is 16.1 Å². The Kier molecular flexibility index (Phi) is 4.51. The first kappa shape index (κ1) is 13.5. The Bertz CT molecular complexity index is 491. The zero-order valence-electron chi connectivity index (χ0n) is 10.0. The van der Waals surface area contributed by atoms with Gasteiger partial charge in [-0.25, -0.2) is 0 Å². The van der Waals surface area contributed by atoms with E-state index < -0.39 is 5.97 Å². The molecule has 7 heteroatoms. The number of carboxylic acid groups (broad SMARTS) is 1. The average molecular weight is 282 g/mol. The van der Waals surface area contributed by atoms with Crippen molar-refractivity contribution in [2.75, 3.05) is 18.3 Å². The molecule has 19 heavy (non-hydrogen) atoms. The van der Waals surface area contributed by atoms with Crippen molar-refractivity contribution < 1.29 is 24.2 Å². The Balaban J connectivity index is 1.76. The molecule has 0 radical (unpaired) electrons. The quantitative estimate of drug-likeness (QED) is 0.758. The molecule has 0 spiro atoms. The van der Waals surface area contributed by atoms with Crippen LogP contribution in [0.5, 0.6) is 11.5 Å². The number of rotatable bonds is 6. The molecule has 1 amide bonds. The molecule has 0 aliphatic carbocycles. The predicted octanol–water partition coefficient (Wildman–Crippen LogP) is -0.485. The average Bonchev–Trinajstić information content (AvgIpc) is 2.83. The molecule has 1 aromatic rings. The molecule has 1 heterocycles. The van der Waals surface area contributed by atoms with Gasteiger partial charge >= 0.3 is 0 Å². The lowest BCUT2D eigenvalue weighted by molar-refractivity contribution is -0.301. The lowest BCUT2D eigenvalue weighted by Crippen LogP contribution is -2.28. The van der Waals surface area contributed by atoms with Crippen molar-refractivity contribution in [3.63, 3.8) is 0 Å². The van der Waals surface area contributed by atoms with Crippen LogP contribution in [-0.4, -0.2) is 30.2 Å². The van der Waals surface area contributed by atoms with Gasteiger partial charge in [-0.15, -0.1) is 11.8 Å². The Morgan fingerprint density at radius 2 is 2.05 bits per heavy atom. The molecule has 0 unspecified atom stereocenters. The van der Waals surface area contributed by atoms with Gasteiger partial charge in [0, 0.05) is 12.3 Å². The molecule has 0 fully saturated rings. The molecule has 102 valence electrons. The van der Waals surface area contributed by atoms with Crippen LogP contribution in [0.1, 0.15) is 5.56 Å². The number of carboxylic acids is 1. The summed E-state index contributed by atoms with van der Waals surface area (Å²) in [4.78, 5) is 21.6. The maximum atomic E-state index is 11.4. The first-order chi connectivity index (χ1) is 9.15. The maximum Gasteiger partial charge on any atom is 0.231 e. The van der Waals surface area contributed by atoms with Gasteiger partial charge in [0.25, 0.3) is 0 Å². The minimum atomic E-state index is -1.17. The summed E-state index contributed by atoms with van der Waals surface area (Å²) in [6.07, 6.45) is 0. The Morgan fingerprint density at radius 1 is 1.26 bits per heavy atom.